The fourth-order valence-electron chi connectivity index (χ4n) is 2.84. The van der Waals surface area contributed by atoms with Crippen LogP contribution in [-0.4, -0.2) is 69.9 Å². The van der Waals surface area contributed by atoms with Crippen molar-refractivity contribution in [2.75, 3.05) is 31.2 Å². The van der Waals surface area contributed by atoms with Crippen LogP contribution in [0, 0.1) is 0 Å². The van der Waals surface area contributed by atoms with Gasteiger partial charge < -0.3 is 14.9 Å². The molecule has 0 radical (unpaired) electrons. The summed E-state index contributed by atoms with van der Waals surface area (Å²) >= 11 is 1.84. The van der Waals surface area contributed by atoms with Gasteiger partial charge in [0.1, 0.15) is 0 Å². The Kier molecular flexibility index (Phi) is 4.70. The van der Waals surface area contributed by atoms with Crippen molar-refractivity contribution >= 4 is 23.7 Å². The Morgan fingerprint density at radius 3 is 2.53 bits per heavy atom. The lowest BCUT2D eigenvalue weighted by Crippen LogP contribution is -2.51. The van der Waals surface area contributed by atoms with E-state index in [-0.39, 0.29) is 24.7 Å². The predicted molar refractivity (Wildman–Crippen MR) is 70.5 cm³/mol. The second-order valence-corrected chi connectivity index (χ2v) is 6.28. The average Bonchev–Trinajstić information content (AvgIpc) is 2.75. The van der Waals surface area contributed by atoms with Crippen molar-refractivity contribution in [3.8, 4) is 0 Å². The number of carboxylic acids is 2. The van der Waals surface area contributed by atoms with E-state index in [1.165, 1.54) is 0 Å². The van der Waals surface area contributed by atoms with E-state index in [1.807, 2.05) is 11.8 Å². The van der Waals surface area contributed by atoms with E-state index >= 15 is 0 Å². The molecule has 0 aromatic carbocycles. The number of nitrogens with zero attached hydrogens (tertiary/aromatic N) is 1. The van der Waals surface area contributed by atoms with E-state index in [0.717, 1.165) is 24.3 Å². The first-order valence-electron chi connectivity index (χ1n) is 6.40. The molecule has 19 heavy (non-hydrogen) atoms. The Morgan fingerprint density at radius 2 is 2.00 bits per heavy atom. The second kappa shape index (κ2) is 6.11. The normalized spacial score (nSPS) is 30.9. The molecule has 2 aliphatic rings. The first-order chi connectivity index (χ1) is 9.01. The molecule has 0 saturated carbocycles. The van der Waals surface area contributed by atoms with Crippen LogP contribution in [0.3, 0.4) is 0 Å². The maximum atomic E-state index is 10.9. The third-order valence-corrected chi connectivity index (χ3v) is 4.95. The Hall–Kier alpha value is -0.790. The van der Waals surface area contributed by atoms with Gasteiger partial charge in [-0.1, -0.05) is 0 Å². The van der Waals surface area contributed by atoms with Crippen LogP contribution in [0.5, 0.6) is 0 Å². The zero-order valence-corrected chi connectivity index (χ0v) is 11.5. The molecule has 108 valence electrons. The van der Waals surface area contributed by atoms with Crippen LogP contribution in [0.4, 0.5) is 0 Å². The van der Waals surface area contributed by atoms with Gasteiger partial charge in [0, 0.05) is 18.4 Å². The van der Waals surface area contributed by atoms with Crippen LogP contribution in [0.1, 0.15) is 19.3 Å². The van der Waals surface area contributed by atoms with Gasteiger partial charge in [-0.05, 0) is 25.0 Å². The third-order valence-electron chi connectivity index (χ3n) is 3.73. The van der Waals surface area contributed by atoms with Crippen LogP contribution in [0.2, 0.25) is 0 Å². The average molecular weight is 289 g/mol. The highest BCUT2D eigenvalue weighted by atomic mass is 32.2. The fraction of sp³-hybridized carbons (Fsp3) is 0.833. The molecular weight excluding hydrogens is 270 g/mol. The molecule has 2 unspecified atom stereocenters. The van der Waals surface area contributed by atoms with Crippen LogP contribution < -0.4 is 0 Å². The van der Waals surface area contributed by atoms with Crippen LogP contribution in [-0.2, 0) is 14.3 Å². The standard InChI is InChI=1S/C12H19NO5S/c14-10(15)6-13(7-11(16)17)9-1-3-18-12(5-9)2-4-19-8-12/h9H,1-8H2,(H,14,15)(H,16,17). The van der Waals surface area contributed by atoms with Crippen LogP contribution >= 0.6 is 11.8 Å². The molecule has 0 amide bonds. The predicted octanol–water partition coefficient (Wildman–Crippen LogP) is 0.512. The lowest BCUT2D eigenvalue weighted by Gasteiger charge is -2.41. The summed E-state index contributed by atoms with van der Waals surface area (Å²) < 4.78 is 5.87. The van der Waals surface area contributed by atoms with Gasteiger partial charge in [-0.15, -0.1) is 0 Å². The number of hydrogen-bond acceptors (Lipinski definition) is 5. The largest absolute Gasteiger partial charge is 0.480 e. The van der Waals surface area contributed by atoms with E-state index in [9.17, 15) is 9.59 Å². The maximum absolute atomic E-state index is 10.9. The van der Waals surface area contributed by atoms with Crippen molar-refractivity contribution in [2.45, 2.75) is 30.9 Å². The SMILES string of the molecule is O=C(O)CN(CC(=O)O)C1CCOC2(CCSC2)C1. The van der Waals surface area contributed by atoms with Crippen molar-refractivity contribution in [2.24, 2.45) is 0 Å². The molecule has 2 rings (SSSR count). The molecule has 0 aliphatic carbocycles. The first kappa shape index (κ1) is 14.6. The maximum Gasteiger partial charge on any atom is 0.317 e. The minimum atomic E-state index is -0.984. The smallest absolute Gasteiger partial charge is 0.317 e. The monoisotopic (exact) mass is 289 g/mol. The Morgan fingerprint density at radius 1 is 1.32 bits per heavy atom. The number of hydrogen-bond donors (Lipinski definition) is 2. The number of rotatable bonds is 5. The molecule has 2 saturated heterocycles. The zero-order chi connectivity index (χ0) is 13.9. The Bertz CT molecular complexity index is 340. The van der Waals surface area contributed by atoms with Crippen LogP contribution in [0.25, 0.3) is 0 Å². The molecular formula is C12H19NO5S. The fourth-order valence-corrected chi connectivity index (χ4v) is 4.22. The summed E-state index contributed by atoms with van der Waals surface area (Å²) in [6.07, 6.45) is 2.41. The number of carboxylic acid groups (broad SMARTS) is 2. The molecule has 2 aliphatic heterocycles. The molecule has 1 spiro atoms. The molecule has 2 atom stereocenters. The molecule has 0 aromatic heterocycles. The second-order valence-electron chi connectivity index (χ2n) is 5.17. The van der Waals surface area contributed by atoms with E-state index in [0.29, 0.717) is 13.0 Å². The Labute approximate surface area is 116 Å². The van der Waals surface area contributed by atoms with Gasteiger partial charge in [0.15, 0.2) is 0 Å². The summed E-state index contributed by atoms with van der Waals surface area (Å²) in [7, 11) is 0. The lowest BCUT2D eigenvalue weighted by atomic mass is 9.89. The minimum absolute atomic E-state index is 0.0142. The molecule has 6 nitrogen and oxygen atoms in total. The lowest BCUT2D eigenvalue weighted by molar-refractivity contribution is -0.146. The van der Waals surface area contributed by atoms with Gasteiger partial charge in [0.05, 0.1) is 18.7 Å². The number of aliphatic carboxylic acids is 2. The molecule has 2 N–H and O–H groups in total. The summed E-state index contributed by atoms with van der Waals surface area (Å²) in [5.41, 5.74) is -0.164. The highest BCUT2D eigenvalue weighted by Crippen LogP contribution is 2.39. The molecule has 2 fully saturated rings. The highest BCUT2D eigenvalue weighted by molar-refractivity contribution is 7.99. The van der Waals surface area contributed by atoms with Gasteiger partial charge in [-0.25, -0.2) is 0 Å². The van der Waals surface area contributed by atoms with Gasteiger partial charge in [-0.3, -0.25) is 14.5 Å². The highest BCUT2D eigenvalue weighted by Gasteiger charge is 2.42. The summed E-state index contributed by atoms with van der Waals surface area (Å²) in [4.78, 5) is 23.3. The van der Waals surface area contributed by atoms with Crippen molar-refractivity contribution in [3.05, 3.63) is 0 Å². The zero-order valence-electron chi connectivity index (χ0n) is 10.7. The third kappa shape index (κ3) is 3.84. The van der Waals surface area contributed by atoms with Crippen molar-refractivity contribution in [3.63, 3.8) is 0 Å². The molecule has 2 heterocycles. The van der Waals surface area contributed by atoms with E-state index in [4.69, 9.17) is 14.9 Å². The number of thioether (sulfide) groups is 1. The van der Waals surface area contributed by atoms with Crippen molar-refractivity contribution < 1.29 is 24.5 Å². The molecule has 0 aromatic rings. The van der Waals surface area contributed by atoms with Crippen molar-refractivity contribution in [1.29, 1.82) is 0 Å². The van der Waals surface area contributed by atoms with E-state index < -0.39 is 11.9 Å². The Balaban J connectivity index is 2.03. The quantitative estimate of drug-likeness (QED) is 0.762. The molecule has 0 bridgehead atoms. The first-order valence-corrected chi connectivity index (χ1v) is 7.56. The number of carbonyl (C=O) groups is 2. The van der Waals surface area contributed by atoms with Gasteiger partial charge in [0.25, 0.3) is 0 Å². The minimum Gasteiger partial charge on any atom is -0.480 e. The van der Waals surface area contributed by atoms with Gasteiger partial charge >= 0.3 is 11.9 Å². The van der Waals surface area contributed by atoms with Crippen molar-refractivity contribution in [1.82, 2.24) is 4.90 Å². The van der Waals surface area contributed by atoms with Crippen LogP contribution in [0.15, 0.2) is 0 Å². The topological polar surface area (TPSA) is 87.1 Å². The van der Waals surface area contributed by atoms with E-state index in [1.54, 1.807) is 4.90 Å². The molecule has 7 heteroatoms. The van der Waals surface area contributed by atoms with E-state index in [2.05, 4.69) is 0 Å². The van der Waals surface area contributed by atoms with Gasteiger partial charge in [-0.2, -0.15) is 11.8 Å². The summed E-state index contributed by atoms with van der Waals surface area (Å²) in [5, 5.41) is 17.8. The summed E-state index contributed by atoms with van der Waals surface area (Å²) in [5.74, 6) is 0.0207. The number of ether oxygens (including phenoxy) is 1. The summed E-state index contributed by atoms with van der Waals surface area (Å²) in [6.45, 7) is 0.140. The summed E-state index contributed by atoms with van der Waals surface area (Å²) in [6, 6.07) is -0.0142. The van der Waals surface area contributed by atoms with Gasteiger partial charge in [0.2, 0.25) is 0 Å².